The number of carbonyl (C=O) groups is 1. The van der Waals surface area contributed by atoms with Crippen LogP contribution < -0.4 is 10.2 Å². The van der Waals surface area contributed by atoms with Crippen molar-refractivity contribution in [2.24, 2.45) is 5.10 Å². The van der Waals surface area contributed by atoms with Gasteiger partial charge in [-0.2, -0.15) is 5.10 Å². The van der Waals surface area contributed by atoms with Gasteiger partial charge in [0, 0.05) is 15.4 Å². The Morgan fingerprint density at radius 3 is 2.45 bits per heavy atom. The first-order valence-corrected chi connectivity index (χ1v) is 10.8. The van der Waals surface area contributed by atoms with Crippen LogP contribution in [0.25, 0.3) is 11.3 Å². The van der Waals surface area contributed by atoms with Crippen molar-refractivity contribution in [3.63, 3.8) is 0 Å². The molecule has 3 aromatic carbocycles. The molecule has 4 aromatic rings. The number of hydrogen-bond acceptors (Lipinski definition) is 6. The molecule has 5 nitrogen and oxygen atoms in total. The van der Waals surface area contributed by atoms with Crippen LogP contribution in [0.2, 0.25) is 0 Å². The lowest BCUT2D eigenvalue weighted by atomic mass is 10.2. The van der Waals surface area contributed by atoms with E-state index in [-0.39, 0.29) is 5.56 Å². The first-order valence-electron chi connectivity index (χ1n) is 9.15. The number of benzene rings is 3. The van der Waals surface area contributed by atoms with Gasteiger partial charge in [0.05, 0.1) is 17.5 Å². The quantitative estimate of drug-likeness (QED) is 0.146. The second-order valence-electron chi connectivity index (χ2n) is 6.38. The van der Waals surface area contributed by atoms with Crippen LogP contribution in [-0.2, 0) is 0 Å². The number of thiazole rings is 1. The zero-order valence-electron chi connectivity index (χ0n) is 16.0. The Kier molecular flexibility index (Phi) is 6.49. The molecule has 31 heavy (non-hydrogen) atoms. The van der Waals surface area contributed by atoms with Crippen LogP contribution in [0.1, 0.15) is 15.9 Å². The topological polar surface area (TPSA) is 63.6 Å². The maximum Gasteiger partial charge on any atom is 0.343 e. The van der Waals surface area contributed by atoms with Gasteiger partial charge in [0.25, 0.3) is 0 Å². The minimum atomic E-state index is -0.548. The fourth-order valence-electron chi connectivity index (χ4n) is 2.61. The first-order chi connectivity index (χ1) is 15.1. The molecule has 1 heterocycles. The molecule has 0 unspecified atom stereocenters. The Hall–Kier alpha value is -3.36. The van der Waals surface area contributed by atoms with Crippen molar-refractivity contribution in [1.82, 2.24) is 4.98 Å². The van der Waals surface area contributed by atoms with Crippen molar-refractivity contribution in [3.05, 3.63) is 99.6 Å². The third-order valence-corrected chi connectivity index (χ3v) is 5.46. The summed E-state index contributed by atoms with van der Waals surface area (Å²) in [6, 6.07) is 20.0. The average molecular weight is 496 g/mol. The molecule has 0 saturated carbocycles. The number of hydrazone groups is 1. The lowest BCUT2D eigenvalue weighted by Gasteiger charge is -2.04. The van der Waals surface area contributed by atoms with Crippen LogP contribution in [0.15, 0.2) is 87.8 Å². The predicted octanol–water partition coefficient (Wildman–Crippen LogP) is 6.38. The van der Waals surface area contributed by atoms with E-state index in [0.717, 1.165) is 21.3 Å². The van der Waals surface area contributed by atoms with Gasteiger partial charge in [0.1, 0.15) is 11.6 Å². The first kappa shape index (κ1) is 20.9. The number of carbonyl (C=O) groups excluding carboxylic acids is 1. The van der Waals surface area contributed by atoms with Gasteiger partial charge in [-0.1, -0.05) is 28.1 Å². The average Bonchev–Trinajstić information content (AvgIpc) is 3.25. The number of ether oxygens (including phenoxy) is 1. The van der Waals surface area contributed by atoms with Crippen LogP contribution in [0.4, 0.5) is 9.52 Å². The van der Waals surface area contributed by atoms with Crippen LogP contribution >= 0.6 is 27.3 Å². The Balaban J connectivity index is 1.33. The van der Waals surface area contributed by atoms with Gasteiger partial charge in [-0.15, -0.1) is 11.3 Å². The summed E-state index contributed by atoms with van der Waals surface area (Å²) in [5.41, 5.74) is 5.92. The van der Waals surface area contributed by atoms with E-state index >= 15 is 0 Å². The number of esters is 1. The minimum Gasteiger partial charge on any atom is -0.423 e. The van der Waals surface area contributed by atoms with Gasteiger partial charge in [-0.05, 0) is 66.2 Å². The normalized spacial score (nSPS) is 10.9. The molecule has 1 aromatic heterocycles. The number of halogens is 2. The van der Waals surface area contributed by atoms with Gasteiger partial charge in [0.15, 0.2) is 0 Å². The third kappa shape index (κ3) is 5.62. The highest BCUT2D eigenvalue weighted by Crippen LogP contribution is 2.26. The highest BCUT2D eigenvalue weighted by Gasteiger charge is 2.08. The summed E-state index contributed by atoms with van der Waals surface area (Å²) in [6.45, 7) is 0. The largest absolute Gasteiger partial charge is 0.423 e. The lowest BCUT2D eigenvalue weighted by Crippen LogP contribution is -2.08. The molecule has 0 radical (unpaired) electrons. The van der Waals surface area contributed by atoms with Gasteiger partial charge in [-0.3, -0.25) is 5.43 Å². The van der Waals surface area contributed by atoms with Crippen LogP contribution in [0.3, 0.4) is 0 Å². The molecule has 0 amide bonds. The molecular weight excluding hydrogens is 481 g/mol. The molecular formula is C23H15BrFN3O2S. The van der Waals surface area contributed by atoms with Crippen LogP contribution in [-0.4, -0.2) is 17.2 Å². The van der Waals surface area contributed by atoms with E-state index in [2.05, 4.69) is 31.4 Å². The van der Waals surface area contributed by atoms with Crippen molar-refractivity contribution >= 4 is 44.6 Å². The van der Waals surface area contributed by atoms with E-state index < -0.39 is 11.8 Å². The summed E-state index contributed by atoms with van der Waals surface area (Å²) < 4.78 is 19.3. The summed E-state index contributed by atoms with van der Waals surface area (Å²) in [6.07, 6.45) is 1.65. The van der Waals surface area contributed by atoms with Gasteiger partial charge < -0.3 is 4.74 Å². The number of rotatable bonds is 6. The summed E-state index contributed by atoms with van der Waals surface area (Å²) in [5.74, 6) is -0.567. The number of anilines is 1. The summed E-state index contributed by atoms with van der Waals surface area (Å²) in [5, 5.41) is 6.84. The Labute approximate surface area is 190 Å². The van der Waals surface area contributed by atoms with Gasteiger partial charge >= 0.3 is 5.97 Å². The molecule has 4 rings (SSSR count). The number of nitrogens with one attached hydrogen (secondary N) is 1. The maximum absolute atomic E-state index is 12.9. The highest BCUT2D eigenvalue weighted by atomic mass is 79.9. The molecule has 8 heteroatoms. The van der Waals surface area contributed by atoms with E-state index in [0.29, 0.717) is 10.9 Å². The second kappa shape index (κ2) is 9.63. The number of hydrogen-bond donors (Lipinski definition) is 1. The van der Waals surface area contributed by atoms with E-state index in [1.54, 1.807) is 30.5 Å². The molecule has 0 spiro atoms. The predicted molar refractivity (Wildman–Crippen MR) is 124 cm³/mol. The molecule has 0 aliphatic carbocycles. The van der Waals surface area contributed by atoms with E-state index in [1.165, 1.54) is 35.6 Å². The van der Waals surface area contributed by atoms with Gasteiger partial charge in [-0.25, -0.2) is 14.2 Å². The van der Waals surface area contributed by atoms with Crippen molar-refractivity contribution in [1.29, 1.82) is 0 Å². The van der Waals surface area contributed by atoms with Crippen molar-refractivity contribution < 1.29 is 13.9 Å². The molecule has 0 saturated heterocycles. The third-order valence-electron chi connectivity index (χ3n) is 4.19. The van der Waals surface area contributed by atoms with E-state index in [9.17, 15) is 9.18 Å². The maximum atomic E-state index is 12.9. The van der Waals surface area contributed by atoms with Gasteiger partial charge in [0.2, 0.25) is 5.13 Å². The Morgan fingerprint density at radius 1 is 1.03 bits per heavy atom. The molecule has 0 fully saturated rings. The minimum absolute atomic E-state index is 0.280. The van der Waals surface area contributed by atoms with E-state index in [4.69, 9.17) is 4.74 Å². The monoisotopic (exact) mass is 495 g/mol. The Morgan fingerprint density at radius 2 is 1.74 bits per heavy atom. The van der Waals surface area contributed by atoms with Crippen molar-refractivity contribution in [3.8, 4) is 17.0 Å². The zero-order valence-corrected chi connectivity index (χ0v) is 18.4. The standard InChI is InChI=1S/C23H15BrFN3O2S/c24-18-7-3-16(4-8-18)21-14-31-23(27-21)28-26-13-15-1-11-20(12-2-15)30-22(29)17-5-9-19(25)10-6-17/h1-14H,(H,27,28). The molecule has 0 aliphatic rings. The number of nitrogens with zero attached hydrogens (tertiary/aromatic N) is 2. The summed E-state index contributed by atoms with van der Waals surface area (Å²) in [7, 11) is 0. The fraction of sp³-hybridized carbons (Fsp3) is 0. The van der Waals surface area contributed by atoms with Crippen molar-refractivity contribution in [2.45, 2.75) is 0 Å². The van der Waals surface area contributed by atoms with Crippen LogP contribution in [0.5, 0.6) is 5.75 Å². The summed E-state index contributed by atoms with van der Waals surface area (Å²) >= 11 is 4.89. The lowest BCUT2D eigenvalue weighted by molar-refractivity contribution is 0.0734. The highest BCUT2D eigenvalue weighted by molar-refractivity contribution is 9.10. The Bertz CT molecular complexity index is 1210. The van der Waals surface area contributed by atoms with Crippen LogP contribution in [0, 0.1) is 5.82 Å². The molecule has 0 aliphatic heterocycles. The fourth-order valence-corrected chi connectivity index (χ4v) is 3.55. The van der Waals surface area contributed by atoms with E-state index in [1.807, 2.05) is 29.6 Å². The molecule has 1 N–H and O–H groups in total. The summed E-state index contributed by atoms with van der Waals surface area (Å²) in [4.78, 5) is 16.6. The second-order valence-corrected chi connectivity index (χ2v) is 8.15. The molecule has 0 bridgehead atoms. The number of aromatic nitrogens is 1. The zero-order chi connectivity index (χ0) is 21.6. The smallest absolute Gasteiger partial charge is 0.343 e. The SMILES string of the molecule is O=C(Oc1ccc(C=NNc2nc(-c3ccc(Br)cc3)cs2)cc1)c1ccc(F)cc1. The molecule has 0 atom stereocenters. The molecule has 154 valence electrons. The van der Waals surface area contributed by atoms with Crippen molar-refractivity contribution in [2.75, 3.05) is 5.43 Å².